The van der Waals surface area contributed by atoms with E-state index in [2.05, 4.69) is 5.32 Å². The van der Waals surface area contributed by atoms with E-state index in [1.54, 1.807) is 0 Å². The highest BCUT2D eigenvalue weighted by atomic mass is 35.5. The lowest BCUT2D eigenvalue weighted by molar-refractivity contribution is 0.0822. The zero-order valence-corrected chi connectivity index (χ0v) is 6.52. The molecular weight excluding hydrogens is 160 g/mol. The zero-order chi connectivity index (χ0) is 6.74. The van der Waals surface area contributed by atoms with Crippen molar-refractivity contribution in [2.24, 2.45) is 0 Å². The van der Waals surface area contributed by atoms with E-state index >= 15 is 0 Å². The number of rotatable bonds is 1. The second kappa shape index (κ2) is 4.09. The van der Waals surface area contributed by atoms with Crippen molar-refractivity contribution in [2.75, 3.05) is 19.8 Å². The van der Waals surface area contributed by atoms with Crippen LogP contribution in [0.3, 0.4) is 0 Å². The molecule has 1 nitrogen and oxygen atoms in total. The molecule has 1 N–H and O–H groups in total. The Morgan fingerprint density at radius 3 is 2.10 bits per heavy atom. The largest absolute Gasteiger partial charge is 0.316 e. The van der Waals surface area contributed by atoms with Gasteiger partial charge in [0.25, 0.3) is 0 Å². The summed E-state index contributed by atoms with van der Waals surface area (Å²) in [6, 6.07) is 0. The maximum atomic E-state index is 12.9. The van der Waals surface area contributed by atoms with E-state index in [9.17, 15) is 8.78 Å². The lowest BCUT2D eigenvalue weighted by Crippen LogP contribution is -2.40. The van der Waals surface area contributed by atoms with Crippen molar-refractivity contribution in [1.82, 2.24) is 5.32 Å². The third-order valence-electron chi connectivity index (χ3n) is 1.74. The molecule has 1 rings (SSSR count). The van der Waals surface area contributed by atoms with Crippen LogP contribution in [0.25, 0.3) is 0 Å². The van der Waals surface area contributed by atoms with Gasteiger partial charge >= 0.3 is 0 Å². The number of halogens is 3. The van der Waals surface area contributed by atoms with Gasteiger partial charge in [-0.05, 0) is 25.9 Å². The van der Waals surface area contributed by atoms with Crippen LogP contribution in [0.5, 0.6) is 0 Å². The van der Waals surface area contributed by atoms with E-state index in [-0.39, 0.29) is 12.4 Å². The standard InChI is InChI=1S/C6H11F2N.ClH/c7-5-6(8)1-3-9-4-2-6;/h9H,1-5H2;1H. The fraction of sp³-hybridized carbons (Fsp3) is 1.00. The van der Waals surface area contributed by atoms with Gasteiger partial charge in [0.2, 0.25) is 0 Å². The van der Waals surface area contributed by atoms with Gasteiger partial charge in [0, 0.05) is 0 Å². The minimum Gasteiger partial charge on any atom is -0.316 e. The highest BCUT2D eigenvalue weighted by molar-refractivity contribution is 5.85. The summed E-state index contributed by atoms with van der Waals surface area (Å²) in [5.41, 5.74) is -1.51. The molecule has 0 radical (unpaired) electrons. The molecule has 0 bridgehead atoms. The number of hydrogen-bond acceptors (Lipinski definition) is 1. The third-order valence-corrected chi connectivity index (χ3v) is 1.74. The zero-order valence-electron chi connectivity index (χ0n) is 5.70. The molecule has 1 saturated heterocycles. The van der Waals surface area contributed by atoms with E-state index in [0.717, 1.165) is 0 Å². The SMILES string of the molecule is Cl.FCC1(F)CCNCC1. The minimum atomic E-state index is -1.51. The van der Waals surface area contributed by atoms with E-state index in [0.29, 0.717) is 25.9 Å². The topological polar surface area (TPSA) is 12.0 Å². The molecule has 1 fully saturated rings. The molecule has 10 heavy (non-hydrogen) atoms. The van der Waals surface area contributed by atoms with E-state index in [4.69, 9.17) is 0 Å². The second-order valence-electron chi connectivity index (χ2n) is 2.53. The average Bonchev–Trinajstić information content (AvgIpc) is 1.90. The van der Waals surface area contributed by atoms with Gasteiger partial charge in [-0.1, -0.05) is 0 Å². The normalized spacial score (nSPS) is 23.4. The quantitative estimate of drug-likeness (QED) is 0.630. The van der Waals surface area contributed by atoms with Crippen LogP contribution in [0, 0.1) is 0 Å². The van der Waals surface area contributed by atoms with Gasteiger partial charge in [0.1, 0.15) is 12.3 Å². The summed E-state index contributed by atoms with van der Waals surface area (Å²) < 4.78 is 24.7. The number of piperidine rings is 1. The molecule has 62 valence electrons. The molecule has 4 heteroatoms. The monoisotopic (exact) mass is 171 g/mol. The van der Waals surface area contributed by atoms with Gasteiger partial charge in [-0.3, -0.25) is 0 Å². The van der Waals surface area contributed by atoms with E-state index in [1.807, 2.05) is 0 Å². The van der Waals surface area contributed by atoms with Gasteiger partial charge in [-0.25, -0.2) is 8.78 Å². The molecule has 1 aliphatic heterocycles. The van der Waals surface area contributed by atoms with Crippen molar-refractivity contribution >= 4 is 12.4 Å². The van der Waals surface area contributed by atoms with E-state index in [1.165, 1.54) is 0 Å². The summed E-state index contributed by atoms with van der Waals surface area (Å²) in [6.45, 7) is 0.398. The second-order valence-corrected chi connectivity index (χ2v) is 2.53. The summed E-state index contributed by atoms with van der Waals surface area (Å²) in [5.74, 6) is 0. The fourth-order valence-electron chi connectivity index (χ4n) is 1.01. The number of nitrogens with one attached hydrogen (secondary N) is 1. The van der Waals surface area contributed by atoms with Gasteiger partial charge in [-0.2, -0.15) is 0 Å². The Bertz CT molecular complexity index is 93.7. The predicted molar refractivity (Wildman–Crippen MR) is 39.2 cm³/mol. The third kappa shape index (κ3) is 2.39. The first-order valence-electron chi connectivity index (χ1n) is 3.22. The highest BCUT2D eigenvalue weighted by Crippen LogP contribution is 2.22. The number of hydrogen-bond donors (Lipinski definition) is 1. The summed E-state index contributed by atoms with van der Waals surface area (Å²) in [5, 5.41) is 2.97. The van der Waals surface area contributed by atoms with Gasteiger partial charge in [0.05, 0.1) is 0 Å². The van der Waals surface area contributed by atoms with E-state index < -0.39 is 12.3 Å². The Hall–Kier alpha value is 0.110. The predicted octanol–water partition coefficient (Wildman–Crippen LogP) is 1.47. The van der Waals surface area contributed by atoms with Crippen LogP contribution in [0.15, 0.2) is 0 Å². The van der Waals surface area contributed by atoms with Crippen LogP contribution in [-0.2, 0) is 0 Å². The smallest absolute Gasteiger partial charge is 0.141 e. The Morgan fingerprint density at radius 1 is 1.30 bits per heavy atom. The summed E-state index contributed by atoms with van der Waals surface area (Å²) in [7, 11) is 0. The molecule has 0 amide bonds. The first-order valence-corrected chi connectivity index (χ1v) is 3.22. The van der Waals surface area contributed by atoms with Crippen LogP contribution >= 0.6 is 12.4 Å². The fourth-order valence-corrected chi connectivity index (χ4v) is 1.01. The summed E-state index contributed by atoms with van der Waals surface area (Å²) in [6.07, 6.45) is 0.646. The summed E-state index contributed by atoms with van der Waals surface area (Å²) >= 11 is 0. The molecule has 0 unspecified atom stereocenters. The molecule has 1 heterocycles. The number of alkyl halides is 2. The lowest BCUT2D eigenvalue weighted by atomic mass is 9.96. The molecule has 1 aliphatic rings. The molecule has 0 aliphatic carbocycles. The average molecular weight is 172 g/mol. The molecule has 0 atom stereocenters. The maximum absolute atomic E-state index is 12.9. The van der Waals surface area contributed by atoms with Crippen LogP contribution in [0.2, 0.25) is 0 Å². The molecule has 0 aromatic carbocycles. The van der Waals surface area contributed by atoms with Gasteiger partial charge in [-0.15, -0.1) is 12.4 Å². The minimum absolute atomic E-state index is 0. The Balaban J connectivity index is 0.000000810. The molecule has 0 saturated carbocycles. The van der Waals surface area contributed by atoms with Crippen LogP contribution in [-0.4, -0.2) is 25.4 Å². The van der Waals surface area contributed by atoms with Crippen LogP contribution in [0.1, 0.15) is 12.8 Å². The molecular formula is C6H12ClF2N. The van der Waals surface area contributed by atoms with Crippen LogP contribution < -0.4 is 5.32 Å². The van der Waals surface area contributed by atoms with Crippen molar-refractivity contribution in [3.8, 4) is 0 Å². The summed E-state index contributed by atoms with van der Waals surface area (Å²) in [4.78, 5) is 0. The van der Waals surface area contributed by atoms with Gasteiger partial charge in [0.15, 0.2) is 0 Å². The van der Waals surface area contributed by atoms with Crippen molar-refractivity contribution < 1.29 is 8.78 Å². The van der Waals surface area contributed by atoms with Gasteiger partial charge < -0.3 is 5.32 Å². The van der Waals surface area contributed by atoms with Crippen molar-refractivity contribution in [3.05, 3.63) is 0 Å². The lowest BCUT2D eigenvalue weighted by Gasteiger charge is -2.26. The Labute approximate surface area is 65.6 Å². The first-order chi connectivity index (χ1) is 4.27. The van der Waals surface area contributed by atoms with Crippen molar-refractivity contribution in [1.29, 1.82) is 0 Å². The highest BCUT2D eigenvalue weighted by Gasteiger charge is 2.31. The molecule has 0 aromatic heterocycles. The van der Waals surface area contributed by atoms with Crippen molar-refractivity contribution in [3.63, 3.8) is 0 Å². The Morgan fingerprint density at radius 2 is 1.80 bits per heavy atom. The Kier molecular flexibility index (Phi) is 4.13. The van der Waals surface area contributed by atoms with Crippen LogP contribution in [0.4, 0.5) is 8.78 Å². The first kappa shape index (κ1) is 10.1. The molecule has 0 spiro atoms. The van der Waals surface area contributed by atoms with Crippen molar-refractivity contribution in [2.45, 2.75) is 18.5 Å². The maximum Gasteiger partial charge on any atom is 0.141 e. The molecule has 0 aromatic rings.